The Morgan fingerprint density at radius 3 is 2.45 bits per heavy atom. The van der Waals surface area contributed by atoms with E-state index < -0.39 is 21.8 Å². The number of aromatic nitrogens is 2. The third kappa shape index (κ3) is 4.86. The fourth-order valence-electron chi connectivity index (χ4n) is 2.77. The SMILES string of the molecule is CC(=O)Nc1cnc(S(=O)(=O)Nc2nc(-c3ccc(F)c(C)c3)c(C(=O)O)s2)c(C)c1. The molecule has 31 heavy (non-hydrogen) atoms. The number of hydrogen-bond acceptors (Lipinski definition) is 7. The molecule has 0 unspecified atom stereocenters. The summed E-state index contributed by atoms with van der Waals surface area (Å²) in [7, 11) is -4.19. The summed E-state index contributed by atoms with van der Waals surface area (Å²) in [5, 5.41) is 11.5. The van der Waals surface area contributed by atoms with Crippen LogP contribution in [-0.2, 0) is 14.8 Å². The molecule has 0 atom stereocenters. The van der Waals surface area contributed by atoms with Crippen LogP contribution in [0.4, 0.5) is 15.2 Å². The van der Waals surface area contributed by atoms with Crippen LogP contribution in [-0.4, -0.2) is 35.4 Å². The largest absolute Gasteiger partial charge is 0.477 e. The van der Waals surface area contributed by atoms with Gasteiger partial charge in [0.05, 0.1) is 17.6 Å². The second kappa shape index (κ2) is 8.40. The quantitative estimate of drug-likeness (QED) is 0.508. The molecule has 1 aromatic carbocycles. The number of carboxylic acid groups (broad SMARTS) is 1. The molecule has 12 heteroatoms. The van der Waals surface area contributed by atoms with Gasteiger partial charge in [-0.2, -0.15) is 8.42 Å². The fraction of sp³-hybridized carbons (Fsp3) is 0.158. The molecule has 2 heterocycles. The summed E-state index contributed by atoms with van der Waals surface area (Å²) in [6, 6.07) is 5.43. The maximum Gasteiger partial charge on any atom is 0.348 e. The van der Waals surface area contributed by atoms with Gasteiger partial charge in [0.25, 0.3) is 10.0 Å². The number of hydrogen-bond donors (Lipinski definition) is 3. The number of rotatable bonds is 6. The van der Waals surface area contributed by atoms with Crippen molar-refractivity contribution in [3.8, 4) is 11.3 Å². The van der Waals surface area contributed by atoms with E-state index in [9.17, 15) is 27.5 Å². The summed E-state index contributed by atoms with van der Waals surface area (Å²) in [5.41, 5.74) is 1.25. The number of amides is 1. The molecule has 3 N–H and O–H groups in total. The standard InChI is InChI=1S/C19H17FN4O5S2/c1-9-6-12(4-5-14(9)20)15-16(18(26)27)30-19(23-15)24-31(28,29)17-10(2)7-13(8-21-17)22-11(3)25/h4-8H,1-3H3,(H,22,25)(H,23,24)(H,26,27). The Morgan fingerprint density at radius 1 is 1.16 bits per heavy atom. The minimum absolute atomic E-state index is 0.0176. The zero-order chi connectivity index (χ0) is 22.9. The molecular weight excluding hydrogens is 447 g/mol. The van der Waals surface area contributed by atoms with Crippen LogP contribution in [0.3, 0.4) is 0 Å². The normalized spacial score (nSPS) is 11.2. The number of aromatic carboxylic acids is 1. The number of carboxylic acids is 1. The first-order valence-corrected chi connectivity index (χ1v) is 11.1. The lowest BCUT2D eigenvalue weighted by Gasteiger charge is -2.09. The molecule has 0 radical (unpaired) electrons. The number of carbonyl (C=O) groups excluding carboxylic acids is 1. The van der Waals surface area contributed by atoms with E-state index in [2.05, 4.69) is 20.0 Å². The Kier molecular flexibility index (Phi) is 6.04. The van der Waals surface area contributed by atoms with Crippen molar-refractivity contribution in [1.29, 1.82) is 0 Å². The molecule has 0 aliphatic heterocycles. The predicted molar refractivity (Wildman–Crippen MR) is 113 cm³/mol. The van der Waals surface area contributed by atoms with Crippen molar-refractivity contribution in [3.05, 3.63) is 52.3 Å². The van der Waals surface area contributed by atoms with Gasteiger partial charge in [-0.15, -0.1) is 0 Å². The number of benzene rings is 1. The average Bonchev–Trinajstić information content (AvgIpc) is 3.06. The molecule has 0 aliphatic carbocycles. The molecule has 3 aromatic rings. The summed E-state index contributed by atoms with van der Waals surface area (Å²) in [6.45, 7) is 4.34. The van der Waals surface area contributed by atoms with Gasteiger partial charge in [0, 0.05) is 12.5 Å². The van der Waals surface area contributed by atoms with Gasteiger partial charge in [-0.1, -0.05) is 11.3 Å². The Bertz CT molecular complexity index is 1300. The van der Waals surface area contributed by atoms with E-state index in [0.29, 0.717) is 28.2 Å². The summed E-state index contributed by atoms with van der Waals surface area (Å²) in [6.07, 6.45) is 1.19. The van der Waals surface area contributed by atoms with Gasteiger partial charge in [0.2, 0.25) is 5.91 Å². The van der Waals surface area contributed by atoms with Gasteiger partial charge in [-0.25, -0.2) is 19.2 Å². The van der Waals surface area contributed by atoms with Crippen molar-refractivity contribution in [2.75, 3.05) is 10.0 Å². The minimum atomic E-state index is -4.19. The molecule has 2 aromatic heterocycles. The van der Waals surface area contributed by atoms with E-state index in [1.54, 1.807) is 0 Å². The van der Waals surface area contributed by atoms with Gasteiger partial charge in [0.1, 0.15) is 10.7 Å². The van der Waals surface area contributed by atoms with Crippen LogP contribution in [0.1, 0.15) is 27.7 Å². The smallest absolute Gasteiger partial charge is 0.348 e. The Hall–Kier alpha value is -3.38. The first-order chi connectivity index (χ1) is 14.5. The van der Waals surface area contributed by atoms with Crippen LogP contribution in [0.25, 0.3) is 11.3 Å². The van der Waals surface area contributed by atoms with E-state index in [1.807, 2.05) is 0 Å². The van der Waals surface area contributed by atoms with E-state index in [0.717, 1.165) is 0 Å². The summed E-state index contributed by atoms with van der Waals surface area (Å²) < 4.78 is 41.4. The number of nitrogens with zero attached hydrogens (tertiary/aromatic N) is 2. The number of nitrogens with one attached hydrogen (secondary N) is 2. The van der Waals surface area contributed by atoms with Crippen LogP contribution in [0.5, 0.6) is 0 Å². The highest BCUT2D eigenvalue weighted by Gasteiger charge is 2.25. The molecule has 0 saturated carbocycles. The number of pyridine rings is 1. The van der Waals surface area contributed by atoms with E-state index >= 15 is 0 Å². The Labute approximate surface area is 181 Å². The Morgan fingerprint density at radius 2 is 1.87 bits per heavy atom. The minimum Gasteiger partial charge on any atom is -0.477 e. The molecular formula is C19H17FN4O5S2. The van der Waals surface area contributed by atoms with Crippen LogP contribution in [0.2, 0.25) is 0 Å². The third-order valence-electron chi connectivity index (χ3n) is 4.08. The molecule has 9 nitrogen and oxygen atoms in total. The highest BCUT2D eigenvalue weighted by molar-refractivity contribution is 7.92. The maximum atomic E-state index is 13.6. The molecule has 0 bridgehead atoms. The van der Waals surface area contributed by atoms with Crippen LogP contribution >= 0.6 is 11.3 Å². The van der Waals surface area contributed by atoms with E-state index in [4.69, 9.17) is 0 Å². The molecule has 0 spiro atoms. The first-order valence-electron chi connectivity index (χ1n) is 8.75. The summed E-state index contributed by atoms with van der Waals surface area (Å²) in [5.74, 6) is -2.09. The zero-order valence-corrected chi connectivity index (χ0v) is 18.2. The molecule has 0 fully saturated rings. The van der Waals surface area contributed by atoms with E-state index in [-0.39, 0.29) is 32.2 Å². The third-order valence-corrected chi connectivity index (χ3v) is 6.57. The number of carbonyl (C=O) groups is 2. The van der Waals surface area contributed by atoms with Crippen molar-refractivity contribution >= 4 is 44.1 Å². The lowest BCUT2D eigenvalue weighted by Crippen LogP contribution is -2.16. The van der Waals surface area contributed by atoms with Crippen molar-refractivity contribution in [2.24, 2.45) is 0 Å². The van der Waals surface area contributed by atoms with Gasteiger partial charge in [-0.3, -0.25) is 9.52 Å². The van der Waals surface area contributed by atoms with Gasteiger partial charge >= 0.3 is 5.97 Å². The number of sulfonamides is 1. The van der Waals surface area contributed by atoms with E-state index in [1.165, 1.54) is 51.2 Å². The van der Waals surface area contributed by atoms with Crippen LogP contribution in [0.15, 0.2) is 35.5 Å². The maximum absolute atomic E-state index is 13.6. The summed E-state index contributed by atoms with van der Waals surface area (Å²) >= 11 is 0.632. The number of aryl methyl sites for hydroxylation is 2. The number of halogens is 1. The number of thiazole rings is 1. The van der Waals surface area contributed by atoms with Gasteiger partial charge < -0.3 is 10.4 Å². The fourth-order valence-corrected chi connectivity index (χ4v) is 4.99. The van der Waals surface area contributed by atoms with Gasteiger partial charge in [0.15, 0.2) is 10.2 Å². The second-order valence-electron chi connectivity index (χ2n) is 6.60. The topological polar surface area (TPSA) is 138 Å². The highest BCUT2D eigenvalue weighted by atomic mass is 32.2. The monoisotopic (exact) mass is 464 g/mol. The predicted octanol–water partition coefficient (Wildman–Crippen LogP) is 3.42. The molecule has 0 saturated heterocycles. The second-order valence-corrected chi connectivity index (χ2v) is 9.20. The van der Waals surface area contributed by atoms with Crippen molar-refractivity contribution in [1.82, 2.24) is 9.97 Å². The lowest BCUT2D eigenvalue weighted by atomic mass is 10.1. The lowest BCUT2D eigenvalue weighted by molar-refractivity contribution is -0.114. The number of anilines is 2. The highest BCUT2D eigenvalue weighted by Crippen LogP contribution is 2.33. The van der Waals surface area contributed by atoms with Crippen molar-refractivity contribution < 1.29 is 27.5 Å². The van der Waals surface area contributed by atoms with Crippen molar-refractivity contribution in [3.63, 3.8) is 0 Å². The molecule has 0 aliphatic rings. The molecule has 162 valence electrons. The van der Waals surface area contributed by atoms with Crippen LogP contribution < -0.4 is 10.0 Å². The average molecular weight is 465 g/mol. The van der Waals surface area contributed by atoms with Gasteiger partial charge in [-0.05, 0) is 49.2 Å². The first kappa shape index (κ1) is 22.3. The van der Waals surface area contributed by atoms with Crippen molar-refractivity contribution in [2.45, 2.75) is 25.8 Å². The molecule has 1 amide bonds. The Balaban J connectivity index is 1.98. The van der Waals surface area contributed by atoms with Crippen LogP contribution in [0, 0.1) is 19.7 Å². The summed E-state index contributed by atoms with van der Waals surface area (Å²) in [4.78, 5) is 30.6. The zero-order valence-electron chi connectivity index (χ0n) is 16.6. The molecule has 3 rings (SSSR count).